The van der Waals surface area contributed by atoms with Gasteiger partial charge >= 0.3 is 5.97 Å². The van der Waals surface area contributed by atoms with Crippen LogP contribution in [-0.2, 0) is 17.1 Å². The number of H-pyrrole nitrogens is 1. The highest BCUT2D eigenvalue weighted by Crippen LogP contribution is 2.13. The third-order valence-corrected chi connectivity index (χ3v) is 3.35. The number of hydrogen-bond donors (Lipinski definition) is 3. The molecule has 0 fully saturated rings. The van der Waals surface area contributed by atoms with Crippen LogP contribution in [-0.4, -0.2) is 39.5 Å². The molecule has 0 bridgehead atoms. The topological polar surface area (TPSA) is 130 Å². The summed E-state index contributed by atoms with van der Waals surface area (Å²) in [6, 6.07) is 1.08. The molecule has 2 heterocycles. The molecule has 2 aromatic rings. The molecular weight excluding hydrogens is 262 g/mol. The van der Waals surface area contributed by atoms with Crippen molar-refractivity contribution in [3.8, 4) is 0 Å². The summed E-state index contributed by atoms with van der Waals surface area (Å²) in [5, 5.41) is 18.1. The van der Waals surface area contributed by atoms with Gasteiger partial charge in [0.05, 0.1) is 6.20 Å². The summed E-state index contributed by atoms with van der Waals surface area (Å²) in [6.45, 7) is 0. The van der Waals surface area contributed by atoms with Gasteiger partial charge in [-0.25, -0.2) is 13.2 Å². The summed E-state index contributed by atoms with van der Waals surface area (Å²) in [7, 11) is -2.23. The Morgan fingerprint density at radius 1 is 1.56 bits per heavy atom. The van der Waals surface area contributed by atoms with E-state index in [0.29, 0.717) is 0 Å². The Morgan fingerprint density at radius 2 is 2.28 bits per heavy atom. The quantitative estimate of drug-likeness (QED) is 0.696. The van der Waals surface area contributed by atoms with E-state index in [1.807, 2.05) is 0 Å². The lowest BCUT2D eigenvalue weighted by Crippen LogP contribution is -2.12. The molecule has 96 valence electrons. The maximum atomic E-state index is 11.8. The fraction of sp³-hybridized carbons (Fsp3) is 0.125. The molecule has 0 atom stereocenters. The average molecular weight is 271 g/mol. The maximum absolute atomic E-state index is 11.8. The summed E-state index contributed by atoms with van der Waals surface area (Å²) < 4.78 is 27.1. The molecule has 18 heavy (non-hydrogen) atoms. The third-order valence-electron chi connectivity index (χ3n) is 2.04. The zero-order valence-corrected chi connectivity index (χ0v) is 9.97. The highest BCUT2D eigenvalue weighted by atomic mass is 32.2. The average Bonchev–Trinajstić information content (AvgIpc) is 2.86. The summed E-state index contributed by atoms with van der Waals surface area (Å²) in [5.74, 6) is -1.33. The fourth-order valence-electron chi connectivity index (χ4n) is 1.22. The Kier molecular flexibility index (Phi) is 2.79. The first-order chi connectivity index (χ1) is 8.38. The van der Waals surface area contributed by atoms with Crippen molar-refractivity contribution in [1.82, 2.24) is 20.0 Å². The second-order valence-electron chi connectivity index (χ2n) is 3.43. The molecule has 0 saturated heterocycles. The highest BCUT2D eigenvalue weighted by molar-refractivity contribution is 7.92. The van der Waals surface area contributed by atoms with Crippen molar-refractivity contribution in [2.45, 2.75) is 4.90 Å². The number of anilines is 1. The van der Waals surface area contributed by atoms with Crippen molar-refractivity contribution >= 4 is 21.8 Å². The second-order valence-corrected chi connectivity index (χ2v) is 5.11. The molecule has 0 saturated carbocycles. The Bertz CT molecular complexity index is 686. The maximum Gasteiger partial charge on any atom is 0.353 e. The molecule has 3 N–H and O–H groups in total. The number of carbonyl (C=O) groups is 1. The summed E-state index contributed by atoms with van der Waals surface area (Å²) in [4.78, 5) is 10.6. The van der Waals surface area contributed by atoms with E-state index in [1.54, 1.807) is 7.05 Å². The van der Waals surface area contributed by atoms with Gasteiger partial charge in [0.2, 0.25) is 0 Å². The van der Waals surface area contributed by atoms with Gasteiger partial charge in [-0.1, -0.05) is 0 Å². The molecule has 0 radical (unpaired) electrons. The van der Waals surface area contributed by atoms with Crippen LogP contribution in [0.1, 0.15) is 10.5 Å². The van der Waals surface area contributed by atoms with E-state index in [2.05, 4.69) is 20.0 Å². The largest absolute Gasteiger partial charge is 0.477 e. The van der Waals surface area contributed by atoms with E-state index in [4.69, 9.17) is 5.11 Å². The molecule has 0 amide bonds. The van der Waals surface area contributed by atoms with Crippen molar-refractivity contribution in [3.05, 3.63) is 24.2 Å². The lowest BCUT2D eigenvalue weighted by Gasteiger charge is -2.01. The standard InChI is InChI=1S/C8H9N5O4S/c1-13-4-5(3-9-13)18(16,17)12-7-2-6(8(14)15)10-11-7/h2-4H,1H3,(H,14,15)(H2,10,11,12). The van der Waals surface area contributed by atoms with Crippen LogP contribution in [0.3, 0.4) is 0 Å². The van der Waals surface area contributed by atoms with Crippen molar-refractivity contribution in [2.75, 3.05) is 4.72 Å². The number of aromatic amines is 1. The number of carboxylic acids is 1. The lowest BCUT2D eigenvalue weighted by molar-refractivity contribution is 0.0690. The predicted molar refractivity (Wildman–Crippen MR) is 59.6 cm³/mol. The minimum Gasteiger partial charge on any atom is -0.477 e. The van der Waals surface area contributed by atoms with Crippen LogP contribution in [0.4, 0.5) is 5.82 Å². The number of nitrogens with one attached hydrogen (secondary N) is 2. The molecule has 0 aliphatic heterocycles. The SMILES string of the molecule is Cn1cc(S(=O)(=O)Nc2cc(C(=O)O)[nH]n2)cn1. The lowest BCUT2D eigenvalue weighted by atomic mass is 10.4. The van der Waals surface area contributed by atoms with Gasteiger partial charge in [-0.3, -0.25) is 14.5 Å². The molecule has 2 rings (SSSR count). The smallest absolute Gasteiger partial charge is 0.353 e. The van der Waals surface area contributed by atoms with Crippen LogP contribution in [0.15, 0.2) is 23.4 Å². The molecule has 2 aromatic heterocycles. The first kappa shape index (κ1) is 12.1. The minimum absolute atomic E-state index is 0.0372. The predicted octanol–water partition coefficient (Wildman–Crippen LogP) is -0.358. The summed E-state index contributed by atoms with van der Waals surface area (Å²) in [5.41, 5.74) is -0.209. The number of rotatable bonds is 4. The summed E-state index contributed by atoms with van der Waals surface area (Å²) >= 11 is 0. The monoisotopic (exact) mass is 271 g/mol. The first-order valence-corrected chi connectivity index (χ1v) is 6.17. The van der Waals surface area contributed by atoms with Crippen LogP contribution >= 0.6 is 0 Å². The Balaban J connectivity index is 2.25. The van der Waals surface area contributed by atoms with Crippen molar-refractivity contribution in [3.63, 3.8) is 0 Å². The van der Waals surface area contributed by atoms with Gasteiger partial charge in [-0.2, -0.15) is 10.2 Å². The van der Waals surface area contributed by atoms with Crippen LogP contribution < -0.4 is 4.72 Å². The summed E-state index contributed by atoms with van der Waals surface area (Å²) in [6.07, 6.45) is 2.49. The van der Waals surface area contributed by atoms with Gasteiger partial charge < -0.3 is 5.11 Å². The van der Waals surface area contributed by atoms with E-state index < -0.39 is 16.0 Å². The fourth-order valence-corrected chi connectivity index (χ4v) is 2.19. The molecule has 0 aliphatic rings. The number of aromatic carboxylic acids is 1. The number of sulfonamides is 1. The van der Waals surface area contributed by atoms with Crippen molar-refractivity contribution in [1.29, 1.82) is 0 Å². The van der Waals surface area contributed by atoms with Crippen molar-refractivity contribution < 1.29 is 18.3 Å². The van der Waals surface area contributed by atoms with E-state index >= 15 is 0 Å². The van der Waals surface area contributed by atoms with Gasteiger partial charge in [0.1, 0.15) is 10.6 Å². The Labute approximate surface area is 101 Å². The minimum atomic E-state index is -3.81. The van der Waals surface area contributed by atoms with Gasteiger partial charge in [0, 0.05) is 19.3 Å². The molecule has 9 nitrogen and oxygen atoms in total. The van der Waals surface area contributed by atoms with Gasteiger partial charge in [-0.05, 0) is 0 Å². The normalized spacial score (nSPS) is 11.4. The van der Waals surface area contributed by atoms with Crippen LogP contribution in [0.25, 0.3) is 0 Å². The van der Waals surface area contributed by atoms with Crippen molar-refractivity contribution in [2.24, 2.45) is 7.05 Å². The zero-order chi connectivity index (χ0) is 13.3. The van der Waals surface area contributed by atoms with E-state index in [9.17, 15) is 13.2 Å². The number of carboxylic acid groups (broad SMARTS) is 1. The molecule has 10 heteroatoms. The van der Waals surface area contributed by atoms with Gasteiger partial charge in [-0.15, -0.1) is 0 Å². The third kappa shape index (κ3) is 2.32. The molecule has 0 spiro atoms. The van der Waals surface area contributed by atoms with E-state index in [-0.39, 0.29) is 16.4 Å². The molecule has 0 aromatic carbocycles. The molecular formula is C8H9N5O4S. The highest BCUT2D eigenvalue weighted by Gasteiger charge is 2.18. The van der Waals surface area contributed by atoms with Crippen LogP contribution in [0.2, 0.25) is 0 Å². The number of nitrogens with zero attached hydrogens (tertiary/aromatic N) is 3. The van der Waals surface area contributed by atoms with E-state index in [1.165, 1.54) is 17.1 Å². The molecule has 0 aliphatic carbocycles. The second kappa shape index (κ2) is 4.14. The Morgan fingerprint density at radius 3 is 2.78 bits per heavy atom. The number of aryl methyl sites for hydroxylation is 1. The van der Waals surface area contributed by atoms with Gasteiger partial charge in [0.15, 0.2) is 5.82 Å². The number of hydrogen-bond acceptors (Lipinski definition) is 5. The first-order valence-electron chi connectivity index (χ1n) is 4.68. The number of aromatic nitrogens is 4. The van der Waals surface area contributed by atoms with Gasteiger partial charge in [0.25, 0.3) is 10.0 Å². The molecule has 0 unspecified atom stereocenters. The van der Waals surface area contributed by atoms with Crippen LogP contribution in [0.5, 0.6) is 0 Å². The zero-order valence-electron chi connectivity index (χ0n) is 9.15. The Hall–Kier alpha value is -2.36. The van der Waals surface area contributed by atoms with Crippen LogP contribution in [0, 0.1) is 0 Å². The van der Waals surface area contributed by atoms with E-state index in [0.717, 1.165) is 6.07 Å².